The number of nitrogens with two attached hydrogens (primary N) is 1. The van der Waals surface area contributed by atoms with Crippen molar-refractivity contribution in [3.05, 3.63) is 53.8 Å². The van der Waals surface area contributed by atoms with Gasteiger partial charge in [0.15, 0.2) is 0 Å². The van der Waals surface area contributed by atoms with Gasteiger partial charge >= 0.3 is 0 Å². The van der Waals surface area contributed by atoms with Gasteiger partial charge in [0.2, 0.25) is 10.0 Å². The van der Waals surface area contributed by atoms with E-state index in [1.807, 2.05) is 0 Å². The fraction of sp³-hybridized carbons (Fsp3) is 0.143. The van der Waals surface area contributed by atoms with Crippen molar-refractivity contribution in [1.82, 2.24) is 4.72 Å². The minimum atomic E-state index is -3.93. The molecule has 0 saturated carbocycles. The van der Waals surface area contributed by atoms with E-state index in [9.17, 15) is 12.8 Å². The molecule has 3 rings (SSSR count). The van der Waals surface area contributed by atoms with Crippen LogP contribution in [0, 0.1) is 5.82 Å². The molecule has 0 radical (unpaired) electrons. The van der Waals surface area contributed by atoms with Gasteiger partial charge in [-0.15, -0.1) is 0 Å². The van der Waals surface area contributed by atoms with E-state index in [0.29, 0.717) is 5.75 Å². The second-order valence-corrected chi connectivity index (χ2v) is 6.39. The van der Waals surface area contributed by atoms with Crippen LogP contribution in [0.1, 0.15) is 11.6 Å². The molecule has 2 aromatic carbocycles. The van der Waals surface area contributed by atoms with Crippen molar-refractivity contribution in [2.45, 2.75) is 10.9 Å². The predicted molar refractivity (Wildman–Crippen MR) is 75.8 cm³/mol. The number of fused-ring (bicyclic) bond motifs is 1. The monoisotopic (exact) mass is 308 g/mol. The highest BCUT2D eigenvalue weighted by atomic mass is 32.2. The van der Waals surface area contributed by atoms with Crippen LogP contribution < -0.4 is 15.2 Å². The number of halogens is 1. The minimum absolute atomic E-state index is 0.00361. The third-order valence-corrected chi connectivity index (χ3v) is 4.79. The first-order valence-electron chi connectivity index (χ1n) is 6.26. The highest BCUT2D eigenvalue weighted by molar-refractivity contribution is 7.89. The molecule has 0 aromatic heterocycles. The van der Waals surface area contributed by atoms with Gasteiger partial charge in [0, 0.05) is 5.56 Å². The molecule has 1 aliphatic heterocycles. The van der Waals surface area contributed by atoms with Crippen molar-refractivity contribution in [2.75, 3.05) is 12.3 Å². The molecule has 0 bridgehead atoms. The van der Waals surface area contributed by atoms with E-state index in [0.717, 1.165) is 17.7 Å². The molecule has 0 spiro atoms. The summed E-state index contributed by atoms with van der Waals surface area (Å²) in [6.07, 6.45) is 0. The minimum Gasteiger partial charge on any atom is -0.491 e. The van der Waals surface area contributed by atoms with Crippen molar-refractivity contribution in [1.29, 1.82) is 0 Å². The molecule has 0 amide bonds. The van der Waals surface area contributed by atoms with Crippen molar-refractivity contribution in [3.63, 3.8) is 0 Å². The van der Waals surface area contributed by atoms with Crippen LogP contribution in [0.2, 0.25) is 0 Å². The van der Waals surface area contributed by atoms with Gasteiger partial charge in [-0.05, 0) is 24.3 Å². The lowest BCUT2D eigenvalue weighted by Crippen LogP contribution is -2.30. The molecule has 110 valence electrons. The van der Waals surface area contributed by atoms with Crippen LogP contribution in [-0.2, 0) is 10.0 Å². The average Bonchev–Trinajstić information content (AvgIpc) is 2.84. The lowest BCUT2D eigenvalue weighted by atomic mass is 10.1. The number of sulfonamides is 1. The molecule has 5 nitrogen and oxygen atoms in total. The number of benzene rings is 2. The molecule has 2 aromatic rings. The van der Waals surface area contributed by atoms with Crippen LogP contribution >= 0.6 is 0 Å². The van der Waals surface area contributed by atoms with Gasteiger partial charge in [0.25, 0.3) is 0 Å². The molecule has 3 N–H and O–H groups in total. The molecule has 1 atom stereocenters. The number of rotatable bonds is 3. The molecule has 0 aliphatic carbocycles. The number of para-hydroxylation sites is 1. The van der Waals surface area contributed by atoms with Gasteiger partial charge in [-0.1, -0.05) is 18.2 Å². The molecule has 1 aliphatic rings. The zero-order chi connectivity index (χ0) is 15.0. The van der Waals surface area contributed by atoms with E-state index in [-0.39, 0.29) is 17.2 Å². The van der Waals surface area contributed by atoms with Crippen molar-refractivity contribution >= 4 is 15.7 Å². The Balaban J connectivity index is 1.93. The number of hydrogen-bond acceptors (Lipinski definition) is 4. The largest absolute Gasteiger partial charge is 0.491 e. The Morgan fingerprint density at radius 3 is 2.81 bits per heavy atom. The van der Waals surface area contributed by atoms with Crippen LogP contribution in [-0.4, -0.2) is 15.0 Å². The van der Waals surface area contributed by atoms with E-state index in [1.54, 1.807) is 24.3 Å². The fourth-order valence-corrected chi connectivity index (χ4v) is 3.59. The molecule has 0 fully saturated rings. The van der Waals surface area contributed by atoms with Gasteiger partial charge in [-0.25, -0.2) is 12.8 Å². The topological polar surface area (TPSA) is 81.4 Å². The molecular weight excluding hydrogens is 295 g/mol. The molecule has 0 saturated heterocycles. The maximum atomic E-state index is 13.3. The zero-order valence-electron chi connectivity index (χ0n) is 10.9. The van der Waals surface area contributed by atoms with Crippen LogP contribution in [0.5, 0.6) is 5.75 Å². The van der Waals surface area contributed by atoms with Crippen molar-refractivity contribution < 1.29 is 17.5 Å². The first-order chi connectivity index (χ1) is 9.97. The second-order valence-electron chi connectivity index (χ2n) is 4.70. The van der Waals surface area contributed by atoms with Gasteiger partial charge in [-0.2, -0.15) is 4.72 Å². The summed E-state index contributed by atoms with van der Waals surface area (Å²) in [7, 11) is -3.93. The summed E-state index contributed by atoms with van der Waals surface area (Å²) in [6.45, 7) is 0.188. The van der Waals surface area contributed by atoms with Crippen LogP contribution in [0.15, 0.2) is 47.4 Å². The summed E-state index contributed by atoms with van der Waals surface area (Å²) < 4.78 is 45.9. The predicted octanol–water partition coefficient (Wildman–Crippen LogP) is 1.82. The van der Waals surface area contributed by atoms with Crippen molar-refractivity contribution in [2.24, 2.45) is 0 Å². The average molecular weight is 308 g/mol. The number of hydrogen-bond donors (Lipinski definition) is 2. The van der Waals surface area contributed by atoms with Crippen molar-refractivity contribution in [3.8, 4) is 5.75 Å². The number of nitrogen functional groups attached to an aromatic ring is 1. The summed E-state index contributed by atoms with van der Waals surface area (Å²) in [5.74, 6) is -0.0231. The number of ether oxygens (including phenoxy) is 1. The van der Waals surface area contributed by atoms with E-state index in [1.165, 1.54) is 6.07 Å². The number of anilines is 1. The summed E-state index contributed by atoms with van der Waals surface area (Å²) >= 11 is 0. The summed E-state index contributed by atoms with van der Waals surface area (Å²) in [5.41, 5.74) is 6.37. The Labute approximate surface area is 121 Å². The summed E-state index contributed by atoms with van der Waals surface area (Å²) in [5, 5.41) is 0. The first-order valence-corrected chi connectivity index (χ1v) is 7.75. The van der Waals surface area contributed by atoms with E-state index in [2.05, 4.69) is 4.72 Å². The highest BCUT2D eigenvalue weighted by Gasteiger charge is 2.29. The Morgan fingerprint density at radius 2 is 2.00 bits per heavy atom. The Morgan fingerprint density at radius 1 is 1.24 bits per heavy atom. The number of nitrogens with one attached hydrogen (secondary N) is 1. The van der Waals surface area contributed by atoms with Crippen LogP contribution in [0.3, 0.4) is 0 Å². The maximum absolute atomic E-state index is 13.3. The van der Waals surface area contributed by atoms with E-state index < -0.39 is 21.9 Å². The fourth-order valence-electron chi connectivity index (χ4n) is 2.25. The first kappa shape index (κ1) is 13.8. The van der Waals surface area contributed by atoms with Gasteiger partial charge in [-0.3, -0.25) is 0 Å². The molecule has 1 unspecified atom stereocenters. The summed E-state index contributed by atoms with van der Waals surface area (Å²) in [4.78, 5) is -0.271. The molecule has 1 heterocycles. The van der Waals surface area contributed by atoms with E-state index >= 15 is 0 Å². The molecular formula is C14H13FN2O3S. The van der Waals surface area contributed by atoms with E-state index in [4.69, 9.17) is 10.5 Å². The van der Waals surface area contributed by atoms with Gasteiger partial charge < -0.3 is 10.5 Å². The lowest BCUT2D eigenvalue weighted by molar-refractivity contribution is 0.325. The quantitative estimate of drug-likeness (QED) is 0.848. The zero-order valence-corrected chi connectivity index (χ0v) is 11.7. The summed E-state index contributed by atoms with van der Waals surface area (Å²) in [6, 6.07) is 9.87. The smallest absolute Gasteiger partial charge is 0.243 e. The molecule has 7 heteroatoms. The Hall–Kier alpha value is -2.12. The van der Waals surface area contributed by atoms with Crippen LogP contribution in [0.25, 0.3) is 0 Å². The standard InChI is InChI=1S/C14H13FN2O3S/c15-9-5-6-11(16)14(7-9)21(18,19)17-12-8-20-13-4-2-1-3-10(12)13/h1-7,12,17H,8,16H2. The normalized spacial score (nSPS) is 17.3. The lowest BCUT2D eigenvalue weighted by Gasteiger charge is -2.13. The third kappa shape index (κ3) is 2.57. The third-order valence-electron chi connectivity index (χ3n) is 3.26. The SMILES string of the molecule is Nc1ccc(F)cc1S(=O)(=O)NC1COc2ccccc21. The second kappa shape index (κ2) is 5.01. The van der Waals surface area contributed by atoms with Gasteiger partial charge in [0.1, 0.15) is 23.1 Å². The maximum Gasteiger partial charge on any atom is 0.243 e. The highest BCUT2D eigenvalue weighted by Crippen LogP contribution is 2.33. The van der Waals surface area contributed by atoms with Crippen LogP contribution in [0.4, 0.5) is 10.1 Å². The Kier molecular flexibility index (Phi) is 3.30. The van der Waals surface area contributed by atoms with Gasteiger partial charge in [0.05, 0.1) is 11.7 Å². The molecule has 21 heavy (non-hydrogen) atoms. The Bertz CT molecular complexity index is 793.